The Morgan fingerprint density at radius 1 is 0.308 bits per heavy atom. The van der Waals surface area contributed by atoms with E-state index >= 15 is 9.13 Å². The first-order chi connectivity index (χ1) is 25.5. The van der Waals surface area contributed by atoms with Crippen molar-refractivity contribution in [1.29, 1.82) is 0 Å². The van der Waals surface area contributed by atoms with Crippen LogP contribution in [-0.2, 0) is 9.13 Å². The Morgan fingerprint density at radius 3 is 0.923 bits per heavy atom. The molecule has 0 fully saturated rings. The second kappa shape index (κ2) is 14.2. The van der Waals surface area contributed by atoms with E-state index < -0.39 is 14.3 Å². The molecule has 0 heterocycles. The largest absolute Gasteiger partial charge is 0.300 e. The molecule has 0 aliphatic heterocycles. The lowest BCUT2D eigenvalue weighted by Crippen LogP contribution is -2.14. The van der Waals surface area contributed by atoms with Crippen LogP contribution < -0.4 is 21.2 Å². The highest BCUT2D eigenvalue weighted by molar-refractivity contribution is 7.83. The monoisotopic (exact) mass is 702 g/mol. The van der Waals surface area contributed by atoms with E-state index in [-0.39, 0.29) is 0 Å². The first-order valence-corrected chi connectivity index (χ1v) is 20.5. The molecule has 0 saturated carbocycles. The average molecular weight is 703 g/mol. The van der Waals surface area contributed by atoms with Crippen LogP contribution in [0.5, 0.6) is 0 Å². The molecular formula is C48H32O2P2. The lowest BCUT2D eigenvalue weighted by Gasteiger charge is -2.17. The molecule has 0 aliphatic carbocycles. The van der Waals surface area contributed by atoms with Crippen molar-refractivity contribution in [2.24, 2.45) is 0 Å². The summed E-state index contributed by atoms with van der Waals surface area (Å²) in [6, 6.07) is 62.6. The van der Waals surface area contributed by atoms with E-state index in [9.17, 15) is 0 Å². The van der Waals surface area contributed by atoms with Crippen molar-refractivity contribution in [3.63, 3.8) is 0 Å². The van der Waals surface area contributed by atoms with Crippen LogP contribution in [0.2, 0.25) is 0 Å². The van der Waals surface area contributed by atoms with E-state index in [0.717, 1.165) is 43.8 Å². The third-order valence-electron chi connectivity index (χ3n) is 9.28. The van der Waals surface area contributed by atoms with Gasteiger partial charge in [-0.05, 0) is 45.0 Å². The van der Waals surface area contributed by atoms with Gasteiger partial charge in [0, 0.05) is 43.5 Å². The highest BCUT2D eigenvalue weighted by Gasteiger charge is 2.26. The minimum Gasteiger partial charge on any atom is -0.300 e. The molecule has 0 N–H and O–H groups in total. The van der Waals surface area contributed by atoms with E-state index in [1.54, 1.807) is 0 Å². The summed E-state index contributed by atoms with van der Waals surface area (Å²) in [5, 5.41) is 6.83. The highest BCUT2D eigenvalue weighted by atomic mass is 31.2. The molecule has 0 saturated heterocycles. The van der Waals surface area contributed by atoms with Crippen molar-refractivity contribution in [1.82, 2.24) is 0 Å². The van der Waals surface area contributed by atoms with Crippen molar-refractivity contribution in [3.05, 3.63) is 205 Å². The van der Waals surface area contributed by atoms with Crippen molar-refractivity contribution in [2.75, 3.05) is 0 Å². The van der Waals surface area contributed by atoms with Gasteiger partial charge in [-0.1, -0.05) is 194 Å². The van der Waals surface area contributed by atoms with Crippen molar-refractivity contribution in [2.45, 2.75) is 0 Å². The summed E-state index contributed by atoms with van der Waals surface area (Å²) in [7, 11) is -6.70. The predicted octanol–water partition coefficient (Wildman–Crippen LogP) is 10.3. The minimum atomic E-state index is -3.35. The van der Waals surface area contributed by atoms with Gasteiger partial charge in [0.1, 0.15) is 0 Å². The van der Waals surface area contributed by atoms with Gasteiger partial charge in [-0.2, -0.15) is 0 Å². The first kappa shape index (κ1) is 33.0. The summed E-state index contributed by atoms with van der Waals surface area (Å²) >= 11 is 0. The minimum absolute atomic E-state index is 0.685. The van der Waals surface area contributed by atoms with Gasteiger partial charge in [0.15, 0.2) is 0 Å². The molecule has 0 aromatic heterocycles. The highest BCUT2D eigenvalue weighted by Crippen LogP contribution is 2.45. The zero-order valence-electron chi connectivity index (χ0n) is 28.2. The van der Waals surface area contributed by atoms with Gasteiger partial charge in [-0.15, -0.1) is 0 Å². The Kier molecular flexibility index (Phi) is 9.04. The molecule has 0 aliphatic rings. The Bertz CT molecular complexity index is 2510. The third kappa shape index (κ3) is 6.21. The quantitative estimate of drug-likeness (QED) is 0.132. The SMILES string of the molecule is O=P(C#Cc1ccc2ccccc2c1-c1c(C#CP(=O)(c2ccccc2)c2ccccc2)ccc2ccccc12)(c1ccccc1)c1ccccc1. The molecule has 0 amide bonds. The van der Waals surface area contributed by atoms with Crippen LogP contribution >= 0.6 is 14.3 Å². The van der Waals surface area contributed by atoms with Crippen LogP contribution in [0.1, 0.15) is 11.1 Å². The van der Waals surface area contributed by atoms with Gasteiger partial charge in [0.05, 0.1) is 0 Å². The number of fused-ring (bicyclic) bond motifs is 2. The molecule has 4 heteroatoms. The van der Waals surface area contributed by atoms with Gasteiger partial charge >= 0.3 is 0 Å². The van der Waals surface area contributed by atoms with Crippen LogP contribution in [0.25, 0.3) is 32.7 Å². The molecule has 0 radical (unpaired) electrons. The summed E-state index contributed by atoms with van der Waals surface area (Å²) in [5.41, 5.74) is 9.89. The molecule has 52 heavy (non-hydrogen) atoms. The Hall–Kier alpha value is -6.14. The normalized spacial score (nSPS) is 11.3. The molecule has 246 valence electrons. The fourth-order valence-corrected chi connectivity index (χ4v) is 10.7. The van der Waals surface area contributed by atoms with Crippen LogP contribution in [0.15, 0.2) is 194 Å². The summed E-state index contributed by atoms with van der Waals surface area (Å²) in [5.74, 6) is 6.88. The second-order valence-corrected chi connectivity index (χ2v) is 17.4. The lowest BCUT2D eigenvalue weighted by molar-refractivity contribution is 0.592. The summed E-state index contributed by atoms with van der Waals surface area (Å²) in [6.45, 7) is 0. The molecule has 0 unspecified atom stereocenters. The molecule has 0 spiro atoms. The fraction of sp³-hybridized carbons (Fsp3) is 0. The maximum atomic E-state index is 15.0. The van der Waals surface area contributed by atoms with E-state index in [0.29, 0.717) is 21.2 Å². The molecule has 0 bridgehead atoms. The van der Waals surface area contributed by atoms with E-state index in [1.807, 2.05) is 158 Å². The number of benzene rings is 8. The molecule has 2 nitrogen and oxygen atoms in total. The predicted molar refractivity (Wildman–Crippen MR) is 220 cm³/mol. The smallest absolute Gasteiger partial charge is 0.211 e. The summed E-state index contributed by atoms with van der Waals surface area (Å²) in [4.78, 5) is 0. The molecule has 0 atom stereocenters. The maximum Gasteiger partial charge on any atom is 0.211 e. The van der Waals surface area contributed by atoms with Crippen LogP contribution in [0, 0.1) is 23.2 Å². The Morgan fingerprint density at radius 2 is 0.596 bits per heavy atom. The van der Waals surface area contributed by atoms with Crippen LogP contribution in [-0.4, -0.2) is 0 Å². The van der Waals surface area contributed by atoms with Gasteiger partial charge in [0.25, 0.3) is 0 Å². The summed E-state index contributed by atoms with van der Waals surface area (Å²) < 4.78 is 30.1. The molecule has 8 rings (SSSR count). The lowest BCUT2D eigenvalue weighted by atomic mass is 9.87. The second-order valence-electron chi connectivity index (χ2n) is 12.5. The van der Waals surface area contributed by atoms with Crippen LogP contribution in [0.3, 0.4) is 0 Å². The van der Waals surface area contributed by atoms with E-state index in [1.165, 1.54) is 0 Å². The van der Waals surface area contributed by atoms with E-state index in [4.69, 9.17) is 0 Å². The number of hydrogen-bond donors (Lipinski definition) is 0. The van der Waals surface area contributed by atoms with Gasteiger partial charge < -0.3 is 0 Å². The van der Waals surface area contributed by atoms with Gasteiger partial charge in [-0.3, -0.25) is 9.13 Å². The van der Waals surface area contributed by atoms with Crippen molar-refractivity contribution < 1.29 is 9.13 Å². The molecular weight excluding hydrogens is 670 g/mol. The standard InChI is InChI=1S/C48H32O2P2/c49-51(41-19-5-1-6-20-41,42-21-7-2-8-22-42)35-33-39-31-29-37-17-13-15-27-45(37)47(39)48-40(32-30-38-18-14-16-28-46(38)48)34-36-52(50,43-23-9-3-10-24-43)44-25-11-4-12-26-44/h1-32H. The van der Waals surface area contributed by atoms with Gasteiger partial charge in [-0.25, -0.2) is 0 Å². The zero-order chi connectivity index (χ0) is 35.4. The average Bonchev–Trinajstić information content (AvgIpc) is 3.23. The zero-order valence-corrected chi connectivity index (χ0v) is 30.0. The maximum absolute atomic E-state index is 15.0. The first-order valence-electron chi connectivity index (χ1n) is 17.1. The third-order valence-corrected chi connectivity index (χ3v) is 14.2. The molecule has 8 aromatic carbocycles. The Labute approximate surface area is 304 Å². The molecule has 8 aromatic rings. The fourth-order valence-electron chi connectivity index (χ4n) is 6.68. The number of rotatable bonds is 5. The van der Waals surface area contributed by atoms with Gasteiger partial charge in [0.2, 0.25) is 14.3 Å². The topological polar surface area (TPSA) is 34.1 Å². The van der Waals surface area contributed by atoms with E-state index in [2.05, 4.69) is 59.6 Å². The Balaban J connectivity index is 1.41. The summed E-state index contributed by atoms with van der Waals surface area (Å²) in [6.07, 6.45) is 0. The van der Waals surface area contributed by atoms with Crippen molar-refractivity contribution in [3.8, 4) is 34.3 Å². The van der Waals surface area contributed by atoms with Crippen molar-refractivity contribution >= 4 is 57.0 Å². The number of hydrogen-bond acceptors (Lipinski definition) is 2. The van der Waals surface area contributed by atoms with Crippen LogP contribution in [0.4, 0.5) is 0 Å².